The van der Waals surface area contributed by atoms with Gasteiger partial charge in [-0.3, -0.25) is 0 Å². The van der Waals surface area contributed by atoms with Gasteiger partial charge in [0.05, 0.1) is 17.7 Å². The predicted molar refractivity (Wildman–Crippen MR) is 55.8 cm³/mol. The van der Waals surface area contributed by atoms with Crippen molar-refractivity contribution in [3.05, 3.63) is 35.1 Å². The van der Waals surface area contributed by atoms with Crippen LogP contribution < -0.4 is 5.73 Å². The van der Waals surface area contributed by atoms with Gasteiger partial charge in [-0.15, -0.1) is 0 Å². The molecule has 0 saturated heterocycles. The van der Waals surface area contributed by atoms with E-state index in [1.807, 2.05) is 0 Å². The zero-order valence-corrected chi connectivity index (χ0v) is 8.60. The van der Waals surface area contributed by atoms with E-state index in [9.17, 15) is 14.6 Å². The summed E-state index contributed by atoms with van der Waals surface area (Å²) in [5.74, 6) is -0.555. The molecule has 1 aromatic carbocycles. The second-order valence-electron chi connectivity index (χ2n) is 3.43. The van der Waals surface area contributed by atoms with E-state index in [0.717, 1.165) is 12.1 Å². The van der Waals surface area contributed by atoms with Crippen molar-refractivity contribution in [2.24, 2.45) is 5.73 Å². The van der Waals surface area contributed by atoms with Crippen LogP contribution in [-0.4, -0.2) is 22.9 Å². The summed E-state index contributed by atoms with van der Waals surface area (Å²) in [6.07, 6.45) is -2.06. The lowest BCUT2D eigenvalue weighted by Crippen LogP contribution is -2.22. The second-order valence-corrected chi connectivity index (χ2v) is 3.43. The molecule has 0 amide bonds. The monoisotopic (exact) mass is 224 g/mol. The molecule has 2 atom stereocenters. The van der Waals surface area contributed by atoms with E-state index in [0.29, 0.717) is 0 Å². The quantitative estimate of drug-likeness (QED) is 0.692. The molecule has 0 radical (unpaired) electrons. The molecule has 2 unspecified atom stereocenters. The van der Waals surface area contributed by atoms with Crippen LogP contribution in [0.2, 0.25) is 0 Å². The Hall–Kier alpha value is -1.48. The van der Waals surface area contributed by atoms with E-state index in [2.05, 4.69) is 0 Å². The molecule has 0 aliphatic rings. The van der Waals surface area contributed by atoms with E-state index >= 15 is 0 Å². The molecule has 0 spiro atoms. The summed E-state index contributed by atoms with van der Waals surface area (Å²) >= 11 is 0. The maximum atomic E-state index is 12.8. The van der Waals surface area contributed by atoms with Gasteiger partial charge in [-0.1, -0.05) is 6.07 Å². The lowest BCUT2D eigenvalue weighted by atomic mass is 9.97. The molecule has 4 nitrogen and oxygen atoms in total. The average molecular weight is 224 g/mol. The molecular formula is C11H13FN2O2. The predicted octanol–water partition coefficient (Wildman–Crippen LogP) is 0.440. The number of aliphatic hydroxyl groups excluding tert-OH is 2. The lowest BCUT2D eigenvalue weighted by molar-refractivity contribution is 0.0148. The molecule has 4 N–H and O–H groups in total. The van der Waals surface area contributed by atoms with Crippen LogP contribution in [0.25, 0.3) is 0 Å². The number of hydrogen-bond acceptors (Lipinski definition) is 4. The standard InChI is InChI=1S/C11H13FN2O2/c12-8-1-2-9(7(5-8)6-14)11(16)10(15)3-4-13/h1-2,5,10-11,15-16H,3-4,13H2. The summed E-state index contributed by atoms with van der Waals surface area (Å²) in [5.41, 5.74) is 5.47. The van der Waals surface area contributed by atoms with Gasteiger partial charge in [0.2, 0.25) is 0 Å². The number of halogens is 1. The van der Waals surface area contributed by atoms with Crippen molar-refractivity contribution >= 4 is 0 Å². The van der Waals surface area contributed by atoms with Gasteiger partial charge in [-0.2, -0.15) is 5.26 Å². The minimum Gasteiger partial charge on any atom is -0.390 e. The number of benzene rings is 1. The van der Waals surface area contributed by atoms with Crippen LogP contribution in [0.15, 0.2) is 18.2 Å². The molecule has 0 saturated carbocycles. The summed E-state index contributed by atoms with van der Waals surface area (Å²) in [7, 11) is 0. The van der Waals surface area contributed by atoms with Gasteiger partial charge < -0.3 is 15.9 Å². The van der Waals surface area contributed by atoms with Crippen molar-refractivity contribution in [2.75, 3.05) is 6.54 Å². The van der Waals surface area contributed by atoms with Crippen LogP contribution in [-0.2, 0) is 0 Å². The second kappa shape index (κ2) is 5.56. The average Bonchev–Trinajstić information content (AvgIpc) is 2.28. The molecule has 5 heteroatoms. The first-order chi connectivity index (χ1) is 7.60. The van der Waals surface area contributed by atoms with E-state index in [4.69, 9.17) is 11.0 Å². The minimum atomic E-state index is -1.22. The molecule has 0 aromatic heterocycles. The Kier molecular flexibility index (Phi) is 4.38. The summed E-state index contributed by atoms with van der Waals surface area (Å²) < 4.78 is 12.8. The van der Waals surface area contributed by atoms with Crippen LogP contribution in [0.4, 0.5) is 4.39 Å². The maximum Gasteiger partial charge on any atom is 0.124 e. The highest BCUT2D eigenvalue weighted by Crippen LogP contribution is 2.22. The Morgan fingerprint density at radius 3 is 2.69 bits per heavy atom. The van der Waals surface area contributed by atoms with Gasteiger partial charge in [-0.05, 0) is 25.1 Å². The molecule has 0 aliphatic carbocycles. The third kappa shape index (κ3) is 2.76. The maximum absolute atomic E-state index is 12.8. The Morgan fingerprint density at radius 2 is 2.12 bits per heavy atom. The largest absolute Gasteiger partial charge is 0.390 e. The Labute approximate surface area is 92.7 Å². The first-order valence-corrected chi connectivity index (χ1v) is 4.86. The summed E-state index contributed by atoms with van der Waals surface area (Å²) in [5, 5.41) is 28.0. The zero-order chi connectivity index (χ0) is 12.1. The van der Waals surface area contributed by atoms with Crippen LogP contribution in [0, 0.1) is 17.1 Å². The number of nitrogens with zero attached hydrogens (tertiary/aromatic N) is 1. The molecule has 0 fully saturated rings. The molecule has 0 heterocycles. The Bertz CT molecular complexity index is 403. The first kappa shape index (κ1) is 12.6. The van der Waals surface area contributed by atoms with E-state index in [-0.39, 0.29) is 24.1 Å². The lowest BCUT2D eigenvalue weighted by Gasteiger charge is -2.18. The van der Waals surface area contributed by atoms with Gasteiger partial charge in [0, 0.05) is 5.56 Å². The van der Waals surface area contributed by atoms with E-state index in [1.165, 1.54) is 6.07 Å². The molecule has 86 valence electrons. The summed E-state index contributed by atoms with van der Waals surface area (Å²) in [6.45, 7) is 0.224. The number of aliphatic hydroxyl groups is 2. The minimum absolute atomic E-state index is 0.0172. The fourth-order valence-electron chi connectivity index (χ4n) is 1.42. The van der Waals surface area contributed by atoms with Gasteiger partial charge in [-0.25, -0.2) is 4.39 Å². The number of rotatable bonds is 4. The highest BCUT2D eigenvalue weighted by Gasteiger charge is 2.20. The Morgan fingerprint density at radius 1 is 1.44 bits per heavy atom. The zero-order valence-electron chi connectivity index (χ0n) is 8.60. The number of nitriles is 1. The third-order valence-corrected chi connectivity index (χ3v) is 2.28. The fraction of sp³-hybridized carbons (Fsp3) is 0.364. The van der Waals surface area contributed by atoms with Crippen LogP contribution in [0.3, 0.4) is 0 Å². The molecular weight excluding hydrogens is 211 g/mol. The van der Waals surface area contributed by atoms with Crippen molar-refractivity contribution in [1.82, 2.24) is 0 Å². The number of hydrogen-bond donors (Lipinski definition) is 3. The SMILES string of the molecule is N#Cc1cc(F)ccc1C(O)C(O)CCN. The highest BCUT2D eigenvalue weighted by atomic mass is 19.1. The molecule has 0 aliphatic heterocycles. The topological polar surface area (TPSA) is 90.3 Å². The van der Waals surface area contributed by atoms with Crippen molar-refractivity contribution in [3.63, 3.8) is 0 Å². The molecule has 1 rings (SSSR count). The van der Waals surface area contributed by atoms with Crippen molar-refractivity contribution in [2.45, 2.75) is 18.6 Å². The third-order valence-electron chi connectivity index (χ3n) is 2.28. The number of nitrogens with two attached hydrogens (primary N) is 1. The van der Waals surface area contributed by atoms with Gasteiger partial charge in [0.1, 0.15) is 11.9 Å². The molecule has 0 bridgehead atoms. The summed E-state index contributed by atoms with van der Waals surface area (Å²) in [6, 6.07) is 5.22. The van der Waals surface area contributed by atoms with Gasteiger partial charge in [0.15, 0.2) is 0 Å². The summed E-state index contributed by atoms with van der Waals surface area (Å²) in [4.78, 5) is 0. The van der Waals surface area contributed by atoms with Crippen LogP contribution >= 0.6 is 0 Å². The van der Waals surface area contributed by atoms with E-state index < -0.39 is 18.0 Å². The van der Waals surface area contributed by atoms with Crippen molar-refractivity contribution in [1.29, 1.82) is 5.26 Å². The normalized spacial score (nSPS) is 14.2. The smallest absolute Gasteiger partial charge is 0.124 e. The first-order valence-electron chi connectivity index (χ1n) is 4.86. The van der Waals surface area contributed by atoms with Gasteiger partial charge >= 0.3 is 0 Å². The van der Waals surface area contributed by atoms with Gasteiger partial charge in [0.25, 0.3) is 0 Å². The fourth-order valence-corrected chi connectivity index (χ4v) is 1.42. The molecule has 16 heavy (non-hydrogen) atoms. The van der Waals surface area contributed by atoms with Crippen LogP contribution in [0.5, 0.6) is 0 Å². The Balaban J connectivity index is 2.99. The van der Waals surface area contributed by atoms with Crippen LogP contribution in [0.1, 0.15) is 23.7 Å². The highest BCUT2D eigenvalue weighted by molar-refractivity contribution is 5.39. The molecule has 1 aromatic rings. The van der Waals surface area contributed by atoms with E-state index in [1.54, 1.807) is 6.07 Å². The van der Waals surface area contributed by atoms with Crippen molar-refractivity contribution < 1.29 is 14.6 Å². The van der Waals surface area contributed by atoms with Crippen molar-refractivity contribution in [3.8, 4) is 6.07 Å².